The minimum atomic E-state index is -1.08. The number of urea groups is 1. The van der Waals surface area contributed by atoms with Crippen molar-refractivity contribution in [1.82, 2.24) is 5.32 Å². The highest BCUT2D eigenvalue weighted by molar-refractivity contribution is 7.84. The zero-order chi connectivity index (χ0) is 15.9. The molecule has 2 atom stereocenters. The molecule has 0 aliphatic rings. The van der Waals surface area contributed by atoms with Gasteiger partial charge in [-0.2, -0.15) is 0 Å². The third-order valence-corrected chi connectivity index (χ3v) is 3.83. The maximum Gasteiger partial charge on any atom is 0.319 e. The number of amides is 2. The molecule has 2 unspecified atom stereocenters. The first-order valence-electron chi connectivity index (χ1n) is 6.73. The summed E-state index contributed by atoms with van der Waals surface area (Å²) in [7, 11) is -1.08. The van der Waals surface area contributed by atoms with Gasteiger partial charge in [0.25, 0.3) is 0 Å². The molecular formula is C16H17FN2O2S. The van der Waals surface area contributed by atoms with E-state index < -0.39 is 28.7 Å². The Labute approximate surface area is 131 Å². The Bertz CT molecular complexity index is 664. The van der Waals surface area contributed by atoms with Crippen molar-refractivity contribution in [3.8, 4) is 0 Å². The number of para-hydroxylation sites is 1. The van der Waals surface area contributed by atoms with E-state index in [4.69, 9.17) is 0 Å². The van der Waals surface area contributed by atoms with Crippen LogP contribution in [0.15, 0.2) is 54.6 Å². The lowest BCUT2D eigenvalue weighted by Gasteiger charge is -2.18. The van der Waals surface area contributed by atoms with Crippen molar-refractivity contribution in [3.63, 3.8) is 0 Å². The monoisotopic (exact) mass is 320 g/mol. The lowest BCUT2D eigenvalue weighted by Crippen LogP contribution is -2.35. The molecule has 2 aromatic rings. The predicted molar refractivity (Wildman–Crippen MR) is 86.7 cm³/mol. The fourth-order valence-electron chi connectivity index (χ4n) is 2.02. The van der Waals surface area contributed by atoms with E-state index in [1.807, 2.05) is 30.3 Å². The normalized spacial score (nSPS) is 13.2. The summed E-state index contributed by atoms with van der Waals surface area (Å²) in [5.41, 5.74) is 0.950. The topological polar surface area (TPSA) is 58.2 Å². The van der Waals surface area contributed by atoms with Crippen LogP contribution in [0.5, 0.6) is 0 Å². The van der Waals surface area contributed by atoms with E-state index in [1.165, 1.54) is 12.1 Å². The Kier molecular flexibility index (Phi) is 5.66. The van der Waals surface area contributed by atoms with Crippen molar-refractivity contribution in [2.75, 3.05) is 17.3 Å². The van der Waals surface area contributed by atoms with Crippen LogP contribution >= 0.6 is 0 Å². The van der Waals surface area contributed by atoms with Gasteiger partial charge in [-0.25, -0.2) is 9.18 Å². The number of hydrogen-bond acceptors (Lipinski definition) is 2. The summed E-state index contributed by atoms with van der Waals surface area (Å²) >= 11 is 0. The van der Waals surface area contributed by atoms with Crippen LogP contribution in [0.3, 0.4) is 0 Å². The molecule has 6 heteroatoms. The largest absolute Gasteiger partial charge is 0.330 e. The minimum Gasteiger partial charge on any atom is -0.330 e. The van der Waals surface area contributed by atoms with Crippen LogP contribution in [0.25, 0.3) is 0 Å². The quantitative estimate of drug-likeness (QED) is 0.889. The van der Waals surface area contributed by atoms with Crippen LogP contribution in [-0.4, -0.2) is 22.2 Å². The molecule has 116 valence electrons. The van der Waals surface area contributed by atoms with E-state index in [-0.39, 0.29) is 11.4 Å². The molecule has 0 aromatic heterocycles. The fraction of sp³-hybridized carbons (Fsp3) is 0.188. The highest BCUT2D eigenvalue weighted by Gasteiger charge is 2.16. The van der Waals surface area contributed by atoms with Crippen molar-refractivity contribution in [1.29, 1.82) is 0 Å². The van der Waals surface area contributed by atoms with Crippen molar-refractivity contribution in [2.45, 2.75) is 6.04 Å². The van der Waals surface area contributed by atoms with Crippen LogP contribution in [0.4, 0.5) is 14.9 Å². The first-order chi connectivity index (χ1) is 10.6. The van der Waals surface area contributed by atoms with Crippen LogP contribution < -0.4 is 10.6 Å². The lowest BCUT2D eigenvalue weighted by molar-refractivity contribution is 0.249. The maximum atomic E-state index is 13.5. The molecule has 0 aliphatic carbocycles. The summed E-state index contributed by atoms with van der Waals surface area (Å²) in [5.74, 6) is -0.220. The zero-order valence-corrected chi connectivity index (χ0v) is 12.9. The molecule has 0 bridgehead atoms. The number of benzene rings is 2. The second-order valence-corrected chi connectivity index (χ2v) is 6.26. The number of nitrogens with one attached hydrogen (secondary N) is 2. The molecule has 0 fully saturated rings. The van der Waals surface area contributed by atoms with Crippen LogP contribution in [0, 0.1) is 5.82 Å². The van der Waals surface area contributed by atoms with E-state index >= 15 is 0 Å². The molecule has 0 saturated heterocycles. The number of carbonyl (C=O) groups excluding carboxylic acids is 1. The second kappa shape index (κ2) is 7.70. The molecule has 2 aromatic carbocycles. The fourth-order valence-corrected chi connectivity index (χ4v) is 2.77. The summed E-state index contributed by atoms with van der Waals surface area (Å²) < 4.78 is 25.0. The van der Waals surface area contributed by atoms with Gasteiger partial charge in [0, 0.05) is 22.8 Å². The highest BCUT2D eigenvalue weighted by Crippen LogP contribution is 2.15. The van der Waals surface area contributed by atoms with Gasteiger partial charge in [0.05, 0.1) is 11.7 Å². The van der Waals surface area contributed by atoms with Gasteiger partial charge in [-0.1, -0.05) is 42.5 Å². The van der Waals surface area contributed by atoms with Crippen LogP contribution in [0.2, 0.25) is 0 Å². The Hall–Kier alpha value is -2.21. The average molecular weight is 320 g/mol. The van der Waals surface area contributed by atoms with E-state index in [1.54, 1.807) is 18.4 Å². The van der Waals surface area contributed by atoms with Crippen molar-refractivity contribution in [2.24, 2.45) is 0 Å². The molecule has 0 spiro atoms. The molecule has 0 heterocycles. The molecule has 0 radical (unpaired) electrons. The molecule has 0 aliphatic heterocycles. The van der Waals surface area contributed by atoms with Crippen LogP contribution in [0.1, 0.15) is 11.6 Å². The Morgan fingerprint density at radius 1 is 1.14 bits per heavy atom. The van der Waals surface area contributed by atoms with Crippen molar-refractivity contribution >= 4 is 22.5 Å². The average Bonchev–Trinajstić information content (AvgIpc) is 2.49. The Balaban J connectivity index is 2.08. The number of hydrogen-bond donors (Lipinski definition) is 2. The number of anilines is 1. The predicted octanol–water partition coefficient (Wildman–Crippen LogP) is 3.07. The first-order valence-corrected chi connectivity index (χ1v) is 8.46. The Morgan fingerprint density at radius 3 is 2.41 bits per heavy atom. The third-order valence-electron chi connectivity index (χ3n) is 3.03. The van der Waals surface area contributed by atoms with Gasteiger partial charge in [0.1, 0.15) is 5.82 Å². The van der Waals surface area contributed by atoms with Gasteiger partial charge in [0.2, 0.25) is 0 Å². The van der Waals surface area contributed by atoms with E-state index in [9.17, 15) is 13.4 Å². The zero-order valence-electron chi connectivity index (χ0n) is 12.1. The Morgan fingerprint density at radius 2 is 1.77 bits per heavy atom. The summed E-state index contributed by atoms with van der Waals surface area (Å²) in [4.78, 5) is 12.0. The molecule has 22 heavy (non-hydrogen) atoms. The van der Waals surface area contributed by atoms with Crippen LogP contribution in [-0.2, 0) is 10.8 Å². The van der Waals surface area contributed by atoms with Gasteiger partial charge in [-0.3, -0.25) is 4.21 Å². The van der Waals surface area contributed by atoms with Gasteiger partial charge in [0.15, 0.2) is 0 Å². The maximum absolute atomic E-state index is 13.5. The summed E-state index contributed by atoms with van der Waals surface area (Å²) in [6.45, 7) is 0. The first kappa shape index (κ1) is 16.2. The number of halogens is 1. The van der Waals surface area contributed by atoms with E-state index in [0.29, 0.717) is 0 Å². The molecule has 4 nitrogen and oxygen atoms in total. The second-order valence-electron chi connectivity index (χ2n) is 4.78. The van der Waals surface area contributed by atoms with Crippen molar-refractivity contribution in [3.05, 3.63) is 66.0 Å². The molecule has 2 amide bonds. The highest BCUT2D eigenvalue weighted by atomic mass is 32.2. The SMILES string of the molecule is CS(=O)CC(NC(=O)Nc1ccccc1F)c1ccccc1. The number of carbonyl (C=O) groups is 1. The molecule has 2 N–H and O–H groups in total. The van der Waals surface area contributed by atoms with Gasteiger partial charge < -0.3 is 10.6 Å². The smallest absolute Gasteiger partial charge is 0.319 e. The van der Waals surface area contributed by atoms with Gasteiger partial charge >= 0.3 is 6.03 Å². The van der Waals surface area contributed by atoms with Crippen molar-refractivity contribution < 1.29 is 13.4 Å². The molecular weight excluding hydrogens is 303 g/mol. The summed E-state index contributed by atoms with van der Waals surface area (Å²) in [6, 6.07) is 14.2. The summed E-state index contributed by atoms with van der Waals surface area (Å²) in [5, 5.41) is 5.19. The minimum absolute atomic E-state index is 0.101. The lowest BCUT2D eigenvalue weighted by atomic mass is 10.1. The standard InChI is InChI=1S/C16H17FN2O2S/c1-22(21)11-15(12-7-3-2-4-8-12)19-16(20)18-14-10-6-5-9-13(14)17/h2-10,15H,11H2,1H3,(H2,18,19,20). The molecule has 2 rings (SSSR count). The molecule has 0 saturated carbocycles. The van der Waals surface area contributed by atoms with E-state index in [2.05, 4.69) is 10.6 Å². The summed E-state index contributed by atoms with van der Waals surface area (Å²) in [6.07, 6.45) is 1.58. The van der Waals surface area contributed by atoms with Gasteiger partial charge in [-0.15, -0.1) is 0 Å². The van der Waals surface area contributed by atoms with Gasteiger partial charge in [-0.05, 0) is 17.7 Å². The van der Waals surface area contributed by atoms with E-state index in [0.717, 1.165) is 5.56 Å². The number of rotatable bonds is 5. The third kappa shape index (κ3) is 4.66.